The minimum atomic E-state index is -0.225. The third-order valence-corrected chi connectivity index (χ3v) is 3.59. The van der Waals surface area contributed by atoms with E-state index in [1.807, 2.05) is 0 Å². The lowest BCUT2D eigenvalue weighted by Crippen LogP contribution is -2.32. The molecule has 1 aromatic rings. The molecule has 1 N–H and O–H groups in total. The molecule has 1 unspecified atom stereocenters. The lowest BCUT2D eigenvalue weighted by molar-refractivity contribution is 0.0876. The fourth-order valence-corrected chi connectivity index (χ4v) is 2.31. The third-order valence-electron chi connectivity index (χ3n) is 3.23. The van der Waals surface area contributed by atoms with E-state index in [-0.39, 0.29) is 16.6 Å². The van der Waals surface area contributed by atoms with Gasteiger partial charge in [0.05, 0.1) is 18.5 Å². The van der Waals surface area contributed by atoms with E-state index >= 15 is 0 Å². The summed E-state index contributed by atoms with van der Waals surface area (Å²) in [6.45, 7) is 4.14. The average molecular weight is 286 g/mol. The number of aromatic nitrogens is 2. The highest BCUT2D eigenvalue weighted by Gasteiger charge is 2.16. The van der Waals surface area contributed by atoms with Gasteiger partial charge in [0.2, 0.25) is 0 Å². The molecular formula is C13H20ClN3O2. The molecule has 0 aliphatic carbocycles. The van der Waals surface area contributed by atoms with Crippen molar-refractivity contribution in [3.8, 4) is 0 Å². The normalized spacial score (nSPS) is 19.4. The fourth-order valence-electron chi connectivity index (χ4n) is 2.11. The van der Waals surface area contributed by atoms with Gasteiger partial charge in [-0.15, -0.1) is 0 Å². The Kier molecular flexibility index (Phi) is 5.22. The summed E-state index contributed by atoms with van der Waals surface area (Å²) in [7, 11) is 0. The van der Waals surface area contributed by atoms with Crippen LogP contribution >= 0.6 is 11.6 Å². The van der Waals surface area contributed by atoms with Crippen LogP contribution in [0, 0.1) is 0 Å². The lowest BCUT2D eigenvalue weighted by atomic mass is 10.1. The molecule has 0 aromatic carbocycles. The zero-order valence-electron chi connectivity index (χ0n) is 11.2. The molecule has 1 fully saturated rings. The van der Waals surface area contributed by atoms with Gasteiger partial charge in [0.1, 0.15) is 5.02 Å². The number of nitrogens with one attached hydrogen (secondary N) is 1. The molecule has 1 atom stereocenters. The van der Waals surface area contributed by atoms with Crippen LogP contribution in [0.5, 0.6) is 0 Å². The monoisotopic (exact) mass is 285 g/mol. The Morgan fingerprint density at radius 3 is 3.16 bits per heavy atom. The maximum absolute atomic E-state index is 12.0. The van der Waals surface area contributed by atoms with E-state index in [2.05, 4.69) is 17.3 Å². The van der Waals surface area contributed by atoms with Crippen molar-refractivity contribution >= 4 is 17.3 Å². The third kappa shape index (κ3) is 3.70. The largest absolute Gasteiger partial charge is 0.379 e. The van der Waals surface area contributed by atoms with Gasteiger partial charge in [-0.25, -0.2) is 4.68 Å². The molecule has 1 saturated heterocycles. The summed E-state index contributed by atoms with van der Waals surface area (Å²) in [6.07, 6.45) is 5.62. The van der Waals surface area contributed by atoms with Gasteiger partial charge < -0.3 is 10.1 Å². The second-order valence-electron chi connectivity index (χ2n) is 4.81. The number of rotatable bonds is 5. The summed E-state index contributed by atoms with van der Waals surface area (Å²) < 4.78 is 6.82. The van der Waals surface area contributed by atoms with Gasteiger partial charge in [-0.05, 0) is 19.3 Å². The van der Waals surface area contributed by atoms with Gasteiger partial charge >= 0.3 is 0 Å². The Hall–Kier alpha value is -1.07. The van der Waals surface area contributed by atoms with Crippen LogP contribution in [-0.4, -0.2) is 29.0 Å². The Morgan fingerprint density at radius 1 is 1.63 bits per heavy atom. The number of hydrogen-bond acceptors (Lipinski definition) is 4. The van der Waals surface area contributed by atoms with Crippen LogP contribution < -0.4 is 10.9 Å². The molecule has 1 aliphatic heterocycles. The van der Waals surface area contributed by atoms with Crippen molar-refractivity contribution in [3.05, 3.63) is 21.6 Å². The molecule has 6 heteroatoms. The van der Waals surface area contributed by atoms with Gasteiger partial charge in [0, 0.05) is 19.2 Å². The first-order chi connectivity index (χ1) is 9.22. The quantitative estimate of drug-likeness (QED) is 0.902. The zero-order valence-corrected chi connectivity index (χ0v) is 11.9. The minimum Gasteiger partial charge on any atom is -0.379 e. The maximum Gasteiger partial charge on any atom is 0.287 e. The van der Waals surface area contributed by atoms with Crippen molar-refractivity contribution < 1.29 is 4.74 Å². The molecule has 19 heavy (non-hydrogen) atoms. The standard InChI is InChI=1S/C13H20ClN3O2/c1-2-3-6-17-13(18)12(14)11(8-15-17)16-10-5-4-7-19-9-10/h8,10,16H,2-7,9H2,1H3. The second kappa shape index (κ2) is 6.91. The van der Waals surface area contributed by atoms with Crippen LogP contribution in [0.1, 0.15) is 32.6 Å². The second-order valence-corrected chi connectivity index (χ2v) is 5.19. The van der Waals surface area contributed by atoms with E-state index in [1.165, 1.54) is 4.68 Å². The van der Waals surface area contributed by atoms with Gasteiger partial charge in [-0.1, -0.05) is 24.9 Å². The molecule has 0 spiro atoms. The first kappa shape index (κ1) is 14.3. The van der Waals surface area contributed by atoms with Crippen molar-refractivity contribution in [2.24, 2.45) is 0 Å². The van der Waals surface area contributed by atoms with Gasteiger partial charge in [-0.2, -0.15) is 5.10 Å². The number of nitrogens with zero attached hydrogens (tertiary/aromatic N) is 2. The highest BCUT2D eigenvalue weighted by atomic mass is 35.5. The Bertz CT molecular complexity index is 469. The number of halogens is 1. The molecule has 5 nitrogen and oxygen atoms in total. The summed E-state index contributed by atoms with van der Waals surface area (Å²) >= 11 is 6.12. The number of unbranched alkanes of at least 4 members (excludes halogenated alkanes) is 1. The number of ether oxygens (including phenoxy) is 1. The van der Waals surface area contributed by atoms with Crippen LogP contribution in [0.2, 0.25) is 5.02 Å². The summed E-state index contributed by atoms with van der Waals surface area (Å²) in [5, 5.41) is 7.62. The first-order valence-electron chi connectivity index (χ1n) is 6.82. The Labute approximate surface area is 117 Å². The van der Waals surface area contributed by atoms with Gasteiger partial charge in [-0.3, -0.25) is 4.79 Å². The number of aryl methyl sites for hydroxylation is 1. The zero-order chi connectivity index (χ0) is 13.7. The van der Waals surface area contributed by atoms with E-state index in [0.717, 1.165) is 32.3 Å². The SMILES string of the molecule is CCCCn1ncc(NC2CCCOC2)c(Cl)c1=O. The molecule has 106 valence electrons. The molecule has 0 bridgehead atoms. The van der Waals surface area contributed by atoms with E-state index < -0.39 is 0 Å². The molecule has 0 amide bonds. The average Bonchev–Trinajstić information content (AvgIpc) is 2.44. The van der Waals surface area contributed by atoms with Gasteiger partial charge in [0.15, 0.2) is 0 Å². The van der Waals surface area contributed by atoms with Crippen LogP contribution in [0.3, 0.4) is 0 Å². The minimum absolute atomic E-state index is 0.207. The van der Waals surface area contributed by atoms with Crippen molar-refractivity contribution in [2.45, 2.75) is 45.2 Å². The predicted molar refractivity (Wildman–Crippen MR) is 75.9 cm³/mol. The van der Waals surface area contributed by atoms with Crippen LogP contribution in [0.15, 0.2) is 11.0 Å². The Morgan fingerprint density at radius 2 is 2.47 bits per heavy atom. The van der Waals surface area contributed by atoms with Gasteiger partial charge in [0.25, 0.3) is 5.56 Å². The molecule has 1 aromatic heterocycles. The van der Waals surface area contributed by atoms with E-state index in [4.69, 9.17) is 16.3 Å². The molecule has 2 rings (SSSR count). The summed E-state index contributed by atoms with van der Waals surface area (Å²) in [5.74, 6) is 0. The van der Waals surface area contributed by atoms with Crippen LogP contribution in [0.4, 0.5) is 5.69 Å². The predicted octanol–water partition coefficient (Wildman–Crippen LogP) is 2.29. The smallest absolute Gasteiger partial charge is 0.287 e. The molecule has 0 radical (unpaired) electrons. The van der Waals surface area contributed by atoms with E-state index in [0.29, 0.717) is 18.8 Å². The first-order valence-corrected chi connectivity index (χ1v) is 7.20. The number of hydrogen-bond donors (Lipinski definition) is 1. The molecular weight excluding hydrogens is 266 g/mol. The highest BCUT2D eigenvalue weighted by Crippen LogP contribution is 2.19. The summed E-state index contributed by atoms with van der Waals surface area (Å²) in [5.41, 5.74) is 0.381. The maximum atomic E-state index is 12.0. The molecule has 2 heterocycles. The highest BCUT2D eigenvalue weighted by molar-refractivity contribution is 6.32. The molecule has 0 saturated carbocycles. The lowest BCUT2D eigenvalue weighted by Gasteiger charge is -2.24. The van der Waals surface area contributed by atoms with E-state index in [9.17, 15) is 4.79 Å². The Balaban J connectivity index is 2.09. The van der Waals surface area contributed by atoms with Crippen molar-refractivity contribution in [3.63, 3.8) is 0 Å². The van der Waals surface area contributed by atoms with Crippen molar-refractivity contribution in [1.82, 2.24) is 9.78 Å². The number of anilines is 1. The van der Waals surface area contributed by atoms with Crippen molar-refractivity contribution in [1.29, 1.82) is 0 Å². The topological polar surface area (TPSA) is 56.1 Å². The van der Waals surface area contributed by atoms with Crippen molar-refractivity contribution in [2.75, 3.05) is 18.5 Å². The van der Waals surface area contributed by atoms with Crippen LogP contribution in [-0.2, 0) is 11.3 Å². The molecule has 1 aliphatic rings. The van der Waals surface area contributed by atoms with E-state index in [1.54, 1.807) is 6.20 Å². The fraction of sp³-hybridized carbons (Fsp3) is 0.692. The summed E-state index contributed by atoms with van der Waals surface area (Å²) in [4.78, 5) is 12.0. The summed E-state index contributed by atoms with van der Waals surface area (Å²) in [6, 6.07) is 0.207. The van der Waals surface area contributed by atoms with Crippen LogP contribution in [0.25, 0.3) is 0 Å².